The second kappa shape index (κ2) is 5.61. The van der Waals surface area contributed by atoms with Gasteiger partial charge in [0.15, 0.2) is 0 Å². The first-order chi connectivity index (χ1) is 8.92. The number of fused-ring (bicyclic) bond motifs is 1. The van der Waals surface area contributed by atoms with Crippen LogP contribution in [0.1, 0.15) is 24.8 Å². The molecule has 0 saturated carbocycles. The fourth-order valence-corrected chi connectivity index (χ4v) is 2.81. The van der Waals surface area contributed by atoms with Crippen LogP contribution in [0.4, 0.5) is 5.69 Å². The molecule has 0 bridgehead atoms. The number of nitrogens with zero attached hydrogens (tertiary/aromatic N) is 1. The molecule has 3 rings (SSSR count). The molecule has 1 saturated heterocycles. The lowest BCUT2D eigenvalue weighted by Gasteiger charge is -2.26. The second-order valence-electron chi connectivity index (χ2n) is 5.26. The molecule has 1 aromatic carbocycles. The summed E-state index contributed by atoms with van der Waals surface area (Å²) >= 11 is 0. The van der Waals surface area contributed by atoms with Gasteiger partial charge >= 0.3 is 0 Å². The highest BCUT2D eigenvalue weighted by Crippen LogP contribution is 2.28. The van der Waals surface area contributed by atoms with Crippen LogP contribution in [-0.2, 0) is 6.42 Å². The van der Waals surface area contributed by atoms with Crippen LogP contribution in [0.25, 0.3) is 0 Å². The summed E-state index contributed by atoms with van der Waals surface area (Å²) in [5, 5.41) is 3.40. The van der Waals surface area contributed by atoms with Crippen LogP contribution >= 0.6 is 0 Å². The van der Waals surface area contributed by atoms with E-state index in [1.54, 1.807) is 0 Å². The van der Waals surface area contributed by atoms with Gasteiger partial charge in [-0.2, -0.15) is 0 Å². The van der Waals surface area contributed by atoms with Gasteiger partial charge in [0.2, 0.25) is 0 Å². The Morgan fingerprint density at radius 2 is 2.06 bits per heavy atom. The van der Waals surface area contributed by atoms with Gasteiger partial charge in [-0.25, -0.2) is 0 Å². The Kier molecular flexibility index (Phi) is 3.69. The van der Waals surface area contributed by atoms with Gasteiger partial charge in [0.1, 0.15) is 12.4 Å². The maximum atomic E-state index is 5.60. The quantitative estimate of drug-likeness (QED) is 0.887. The van der Waals surface area contributed by atoms with Gasteiger partial charge in [-0.1, -0.05) is 12.5 Å². The minimum absolute atomic E-state index is 0.778. The molecule has 0 aromatic heterocycles. The lowest BCUT2D eigenvalue weighted by molar-refractivity contribution is 0.231. The Balaban J connectivity index is 1.58. The van der Waals surface area contributed by atoms with E-state index >= 15 is 0 Å². The molecule has 0 amide bonds. The van der Waals surface area contributed by atoms with Crippen molar-refractivity contribution in [3.05, 3.63) is 23.8 Å². The summed E-state index contributed by atoms with van der Waals surface area (Å²) in [6.07, 6.45) is 5.31. The Hall–Kier alpha value is -1.22. The molecule has 1 N–H and O–H groups in total. The van der Waals surface area contributed by atoms with E-state index in [0.29, 0.717) is 0 Å². The number of hydrogen-bond acceptors (Lipinski definition) is 3. The van der Waals surface area contributed by atoms with Crippen molar-refractivity contribution in [1.82, 2.24) is 4.90 Å². The first-order valence-corrected chi connectivity index (χ1v) is 7.14. The maximum Gasteiger partial charge on any atom is 0.142 e. The van der Waals surface area contributed by atoms with Crippen molar-refractivity contribution in [3.63, 3.8) is 0 Å². The zero-order valence-electron chi connectivity index (χ0n) is 11.0. The third kappa shape index (κ3) is 2.78. The molecular formula is C15H22N2O. The van der Waals surface area contributed by atoms with E-state index in [1.807, 2.05) is 0 Å². The van der Waals surface area contributed by atoms with E-state index in [1.165, 1.54) is 44.5 Å². The SMILES string of the molecule is c1cc2c(cc1CCN1CCCCC1)NCCO2. The topological polar surface area (TPSA) is 24.5 Å². The van der Waals surface area contributed by atoms with E-state index in [9.17, 15) is 0 Å². The molecule has 2 aliphatic heterocycles. The molecule has 2 aliphatic rings. The van der Waals surface area contributed by atoms with Crippen LogP contribution in [0.15, 0.2) is 18.2 Å². The normalized spacial score (nSPS) is 19.8. The van der Waals surface area contributed by atoms with Crippen molar-refractivity contribution in [2.75, 3.05) is 38.1 Å². The first kappa shape index (κ1) is 11.8. The van der Waals surface area contributed by atoms with Gasteiger partial charge in [-0.05, 0) is 50.0 Å². The summed E-state index contributed by atoms with van der Waals surface area (Å²) in [6.45, 7) is 5.46. The highest BCUT2D eigenvalue weighted by atomic mass is 16.5. The van der Waals surface area contributed by atoms with Crippen molar-refractivity contribution < 1.29 is 4.74 Å². The molecule has 2 heterocycles. The molecule has 1 aromatic rings. The number of ether oxygens (including phenoxy) is 1. The zero-order chi connectivity index (χ0) is 12.2. The van der Waals surface area contributed by atoms with Gasteiger partial charge in [-0.15, -0.1) is 0 Å². The van der Waals surface area contributed by atoms with Crippen molar-refractivity contribution in [3.8, 4) is 5.75 Å². The molecule has 0 spiro atoms. The third-order valence-electron chi connectivity index (χ3n) is 3.88. The molecule has 0 radical (unpaired) electrons. The lowest BCUT2D eigenvalue weighted by atomic mass is 10.1. The van der Waals surface area contributed by atoms with Crippen molar-refractivity contribution in [2.24, 2.45) is 0 Å². The highest BCUT2D eigenvalue weighted by Gasteiger charge is 2.12. The molecule has 98 valence electrons. The second-order valence-corrected chi connectivity index (χ2v) is 5.26. The van der Waals surface area contributed by atoms with Gasteiger partial charge < -0.3 is 15.0 Å². The minimum Gasteiger partial charge on any atom is -0.490 e. The molecule has 1 fully saturated rings. The number of benzene rings is 1. The average Bonchev–Trinajstić information content (AvgIpc) is 2.46. The predicted molar refractivity (Wildman–Crippen MR) is 74.4 cm³/mol. The van der Waals surface area contributed by atoms with E-state index in [0.717, 1.165) is 31.0 Å². The summed E-state index contributed by atoms with van der Waals surface area (Å²) in [5.74, 6) is 1.00. The average molecular weight is 246 g/mol. The first-order valence-electron chi connectivity index (χ1n) is 7.14. The van der Waals surface area contributed by atoms with Crippen molar-refractivity contribution in [1.29, 1.82) is 0 Å². The largest absolute Gasteiger partial charge is 0.490 e. The predicted octanol–water partition coefficient (Wildman–Crippen LogP) is 2.52. The summed E-state index contributed by atoms with van der Waals surface area (Å²) in [6, 6.07) is 6.56. The van der Waals surface area contributed by atoms with E-state index in [2.05, 4.69) is 28.4 Å². The molecular weight excluding hydrogens is 224 g/mol. The van der Waals surface area contributed by atoms with Gasteiger partial charge in [-0.3, -0.25) is 0 Å². The Bertz CT molecular complexity index is 399. The Morgan fingerprint density at radius 3 is 2.94 bits per heavy atom. The molecule has 0 unspecified atom stereocenters. The minimum atomic E-state index is 0.778. The zero-order valence-corrected chi connectivity index (χ0v) is 11.0. The van der Waals surface area contributed by atoms with Gasteiger partial charge in [0.25, 0.3) is 0 Å². The fraction of sp³-hybridized carbons (Fsp3) is 0.600. The lowest BCUT2D eigenvalue weighted by Crippen LogP contribution is -2.31. The summed E-state index contributed by atoms with van der Waals surface area (Å²) in [5.41, 5.74) is 2.58. The van der Waals surface area contributed by atoms with Crippen LogP contribution in [0.3, 0.4) is 0 Å². The molecule has 3 nitrogen and oxygen atoms in total. The number of piperidine rings is 1. The van der Waals surface area contributed by atoms with Crippen LogP contribution < -0.4 is 10.1 Å². The Morgan fingerprint density at radius 1 is 1.17 bits per heavy atom. The summed E-state index contributed by atoms with van der Waals surface area (Å²) in [4.78, 5) is 2.59. The third-order valence-corrected chi connectivity index (χ3v) is 3.88. The summed E-state index contributed by atoms with van der Waals surface area (Å²) < 4.78 is 5.60. The summed E-state index contributed by atoms with van der Waals surface area (Å²) in [7, 11) is 0. The number of likely N-dealkylation sites (tertiary alicyclic amines) is 1. The van der Waals surface area contributed by atoms with Crippen LogP contribution in [0.5, 0.6) is 5.75 Å². The number of anilines is 1. The van der Waals surface area contributed by atoms with Crippen molar-refractivity contribution >= 4 is 5.69 Å². The Labute approximate surface area is 109 Å². The van der Waals surface area contributed by atoms with Crippen LogP contribution in [0.2, 0.25) is 0 Å². The number of hydrogen-bond donors (Lipinski definition) is 1. The van der Waals surface area contributed by atoms with Gasteiger partial charge in [0.05, 0.1) is 5.69 Å². The monoisotopic (exact) mass is 246 g/mol. The number of nitrogens with one attached hydrogen (secondary N) is 1. The van der Waals surface area contributed by atoms with E-state index in [4.69, 9.17) is 4.74 Å². The van der Waals surface area contributed by atoms with Crippen LogP contribution in [-0.4, -0.2) is 37.7 Å². The van der Waals surface area contributed by atoms with E-state index in [-0.39, 0.29) is 0 Å². The van der Waals surface area contributed by atoms with E-state index < -0.39 is 0 Å². The standard InChI is InChI=1S/C15H22N2O/c1-2-8-17(9-3-1)10-6-13-4-5-15-14(12-13)16-7-11-18-15/h4-5,12,16H,1-3,6-11H2. The molecule has 0 atom stereocenters. The van der Waals surface area contributed by atoms with Gasteiger partial charge in [0, 0.05) is 13.1 Å². The highest BCUT2D eigenvalue weighted by molar-refractivity contribution is 5.59. The molecule has 3 heteroatoms. The fourth-order valence-electron chi connectivity index (χ4n) is 2.81. The maximum absolute atomic E-state index is 5.60. The molecule has 0 aliphatic carbocycles. The van der Waals surface area contributed by atoms with Crippen LogP contribution in [0, 0.1) is 0 Å². The smallest absolute Gasteiger partial charge is 0.142 e. The van der Waals surface area contributed by atoms with Crippen molar-refractivity contribution in [2.45, 2.75) is 25.7 Å². The molecule has 18 heavy (non-hydrogen) atoms. The number of rotatable bonds is 3.